The quantitative estimate of drug-likeness (QED) is 0.652. The lowest BCUT2D eigenvalue weighted by Gasteiger charge is -2.27. The molecule has 1 N–H and O–H groups in total. The van der Waals surface area contributed by atoms with Crippen LogP contribution in [0.1, 0.15) is 86.0 Å². The minimum absolute atomic E-state index is 0.0832. The standard InChI is InChI=1S/C21H31NO3S/c1-3-5-7-14-10-12-15(13-11-14)19(23)22-20-18(21(24)25-4-2)16-8-6-9-17(16)26-20/h14-15H,3-13H2,1-2H3,(H,22,23). The van der Waals surface area contributed by atoms with Crippen LogP contribution in [0.15, 0.2) is 0 Å². The number of thiophene rings is 1. The van der Waals surface area contributed by atoms with Crippen LogP contribution in [0.2, 0.25) is 0 Å². The molecule has 0 bridgehead atoms. The van der Waals surface area contributed by atoms with Crippen LogP contribution in [0, 0.1) is 11.8 Å². The van der Waals surface area contributed by atoms with E-state index in [0.717, 1.165) is 56.4 Å². The first-order chi connectivity index (χ1) is 12.6. The van der Waals surface area contributed by atoms with Gasteiger partial charge >= 0.3 is 5.97 Å². The van der Waals surface area contributed by atoms with Crippen molar-refractivity contribution in [2.24, 2.45) is 11.8 Å². The molecule has 4 nitrogen and oxygen atoms in total. The van der Waals surface area contributed by atoms with Crippen molar-refractivity contribution in [2.45, 2.75) is 78.1 Å². The third-order valence-electron chi connectivity index (χ3n) is 5.82. The van der Waals surface area contributed by atoms with Gasteiger partial charge in [-0.3, -0.25) is 4.79 Å². The molecular formula is C21H31NO3S. The van der Waals surface area contributed by atoms with Gasteiger partial charge in [-0.2, -0.15) is 0 Å². The maximum atomic E-state index is 12.8. The van der Waals surface area contributed by atoms with Crippen molar-refractivity contribution >= 4 is 28.2 Å². The van der Waals surface area contributed by atoms with Gasteiger partial charge in [0.1, 0.15) is 5.00 Å². The normalized spacial score (nSPS) is 22.1. The van der Waals surface area contributed by atoms with Crippen molar-refractivity contribution in [3.63, 3.8) is 0 Å². The van der Waals surface area contributed by atoms with Crippen LogP contribution in [-0.2, 0) is 22.4 Å². The van der Waals surface area contributed by atoms with Crippen LogP contribution >= 0.6 is 11.3 Å². The van der Waals surface area contributed by atoms with Crippen molar-refractivity contribution in [1.82, 2.24) is 0 Å². The van der Waals surface area contributed by atoms with E-state index in [-0.39, 0.29) is 17.8 Å². The molecular weight excluding hydrogens is 346 g/mol. The molecule has 1 aromatic rings. The zero-order valence-electron chi connectivity index (χ0n) is 16.1. The van der Waals surface area contributed by atoms with E-state index in [4.69, 9.17) is 4.74 Å². The second-order valence-corrected chi connectivity index (χ2v) is 8.74. The van der Waals surface area contributed by atoms with E-state index >= 15 is 0 Å². The molecule has 144 valence electrons. The van der Waals surface area contributed by atoms with E-state index < -0.39 is 0 Å². The average Bonchev–Trinajstić information content (AvgIpc) is 3.21. The van der Waals surface area contributed by atoms with E-state index in [2.05, 4.69) is 12.2 Å². The third kappa shape index (κ3) is 4.30. The molecule has 1 heterocycles. The Balaban J connectivity index is 1.64. The molecule has 0 aromatic carbocycles. The fourth-order valence-electron chi connectivity index (χ4n) is 4.33. The summed E-state index contributed by atoms with van der Waals surface area (Å²) in [6, 6.07) is 0. The summed E-state index contributed by atoms with van der Waals surface area (Å²) in [5, 5.41) is 3.80. The third-order valence-corrected chi connectivity index (χ3v) is 7.03. The molecule has 1 amide bonds. The molecule has 1 fully saturated rings. The number of hydrogen-bond donors (Lipinski definition) is 1. The van der Waals surface area contributed by atoms with Gasteiger partial charge in [-0.15, -0.1) is 11.3 Å². The van der Waals surface area contributed by atoms with Crippen molar-refractivity contribution < 1.29 is 14.3 Å². The lowest BCUT2D eigenvalue weighted by molar-refractivity contribution is -0.121. The summed E-state index contributed by atoms with van der Waals surface area (Å²) >= 11 is 1.57. The van der Waals surface area contributed by atoms with E-state index in [1.54, 1.807) is 11.3 Å². The zero-order chi connectivity index (χ0) is 18.5. The Labute approximate surface area is 160 Å². The lowest BCUT2D eigenvalue weighted by Crippen LogP contribution is -2.27. The van der Waals surface area contributed by atoms with E-state index in [1.165, 1.54) is 24.1 Å². The first-order valence-corrected chi connectivity index (χ1v) is 11.1. The van der Waals surface area contributed by atoms with Crippen molar-refractivity contribution in [1.29, 1.82) is 0 Å². The maximum absolute atomic E-state index is 12.8. The van der Waals surface area contributed by atoms with Gasteiger partial charge < -0.3 is 10.1 Å². The molecule has 0 aliphatic heterocycles. The Hall–Kier alpha value is -1.36. The van der Waals surface area contributed by atoms with Crippen LogP contribution in [0.25, 0.3) is 0 Å². The summed E-state index contributed by atoms with van der Waals surface area (Å²) in [6.07, 6.45) is 11.1. The highest BCUT2D eigenvalue weighted by molar-refractivity contribution is 7.17. The second-order valence-electron chi connectivity index (χ2n) is 7.63. The van der Waals surface area contributed by atoms with Crippen LogP contribution in [0.5, 0.6) is 0 Å². The summed E-state index contributed by atoms with van der Waals surface area (Å²) in [6.45, 7) is 4.41. The predicted octanol–water partition coefficient (Wildman–Crippen LogP) is 5.35. The number of ether oxygens (including phenoxy) is 1. The zero-order valence-corrected chi connectivity index (χ0v) is 16.9. The van der Waals surface area contributed by atoms with Crippen LogP contribution in [0.3, 0.4) is 0 Å². The van der Waals surface area contributed by atoms with Crippen molar-refractivity contribution in [3.05, 3.63) is 16.0 Å². The molecule has 5 heteroatoms. The number of carbonyl (C=O) groups is 2. The van der Waals surface area contributed by atoms with Gasteiger partial charge in [0.15, 0.2) is 0 Å². The highest BCUT2D eigenvalue weighted by atomic mass is 32.1. The first kappa shape index (κ1) is 19.4. The van der Waals surface area contributed by atoms with Crippen molar-refractivity contribution in [3.8, 4) is 0 Å². The van der Waals surface area contributed by atoms with Gasteiger partial charge in [0.05, 0.1) is 12.2 Å². The van der Waals surface area contributed by atoms with Gasteiger partial charge in [-0.05, 0) is 63.4 Å². The summed E-state index contributed by atoms with van der Waals surface area (Å²) < 4.78 is 5.25. The van der Waals surface area contributed by atoms with E-state index in [9.17, 15) is 9.59 Å². The van der Waals surface area contributed by atoms with Gasteiger partial charge in [0.25, 0.3) is 0 Å². The maximum Gasteiger partial charge on any atom is 0.341 e. The first-order valence-electron chi connectivity index (χ1n) is 10.3. The van der Waals surface area contributed by atoms with Gasteiger partial charge in [0.2, 0.25) is 5.91 Å². The molecule has 2 aliphatic carbocycles. The summed E-state index contributed by atoms with van der Waals surface area (Å²) in [4.78, 5) is 26.5. The topological polar surface area (TPSA) is 55.4 Å². The summed E-state index contributed by atoms with van der Waals surface area (Å²) in [5.74, 6) is 0.675. The Kier molecular flexibility index (Phi) is 6.74. The van der Waals surface area contributed by atoms with Crippen LogP contribution in [0.4, 0.5) is 5.00 Å². The SMILES string of the molecule is CCCCC1CCC(C(=O)Nc2sc3c(c2C(=O)OCC)CCC3)CC1. The van der Waals surface area contributed by atoms with Gasteiger partial charge in [-0.25, -0.2) is 4.79 Å². The Morgan fingerprint density at radius 1 is 1.15 bits per heavy atom. The Bertz CT molecular complexity index is 644. The number of fused-ring (bicyclic) bond motifs is 1. The largest absolute Gasteiger partial charge is 0.462 e. The molecule has 26 heavy (non-hydrogen) atoms. The number of rotatable bonds is 7. The monoisotopic (exact) mass is 377 g/mol. The molecule has 2 aliphatic rings. The van der Waals surface area contributed by atoms with Gasteiger partial charge in [-0.1, -0.05) is 26.2 Å². The minimum atomic E-state index is -0.287. The molecule has 3 rings (SSSR count). The van der Waals surface area contributed by atoms with E-state index in [0.29, 0.717) is 17.2 Å². The van der Waals surface area contributed by atoms with Crippen molar-refractivity contribution in [2.75, 3.05) is 11.9 Å². The number of carbonyl (C=O) groups excluding carboxylic acids is 2. The number of amides is 1. The molecule has 1 aromatic heterocycles. The summed E-state index contributed by atoms with van der Waals surface area (Å²) in [7, 11) is 0. The Morgan fingerprint density at radius 2 is 1.92 bits per heavy atom. The molecule has 1 saturated carbocycles. The number of anilines is 1. The molecule has 0 unspecified atom stereocenters. The molecule has 0 atom stereocenters. The molecule has 0 radical (unpaired) electrons. The minimum Gasteiger partial charge on any atom is -0.462 e. The predicted molar refractivity (Wildman–Crippen MR) is 106 cm³/mol. The van der Waals surface area contributed by atoms with Crippen LogP contribution in [-0.4, -0.2) is 18.5 Å². The van der Waals surface area contributed by atoms with E-state index in [1.807, 2.05) is 6.92 Å². The second kappa shape index (κ2) is 9.03. The average molecular weight is 378 g/mol. The number of hydrogen-bond acceptors (Lipinski definition) is 4. The summed E-state index contributed by atoms with van der Waals surface area (Å²) in [5.41, 5.74) is 1.72. The highest BCUT2D eigenvalue weighted by Gasteiger charge is 2.31. The number of aryl methyl sites for hydroxylation is 1. The highest BCUT2D eigenvalue weighted by Crippen LogP contribution is 2.40. The fraction of sp³-hybridized carbons (Fsp3) is 0.714. The number of nitrogens with one attached hydrogen (secondary N) is 1. The fourth-order valence-corrected chi connectivity index (χ4v) is 5.61. The number of unbranched alkanes of at least 4 members (excludes halogenated alkanes) is 1. The molecule has 0 spiro atoms. The van der Waals surface area contributed by atoms with Crippen LogP contribution < -0.4 is 5.32 Å². The smallest absolute Gasteiger partial charge is 0.341 e. The van der Waals surface area contributed by atoms with Gasteiger partial charge in [0, 0.05) is 10.8 Å². The Morgan fingerprint density at radius 3 is 2.62 bits per heavy atom. The molecule has 0 saturated heterocycles. The number of esters is 1. The lowest BCUT2D eigenvalue weighted by atomic mass is 9.79.